The Bertz CT molecular complexity index is 406. The number of halogens is 1. The lowest BCUT2D eigenvalue weighted by Crippen LogP contribution is -2.55. The molecule has 0 unspecified atom stereocenters. The number of esters is 1. The molecule has 2 atom stereocenters. The predicted molar refractivity (Wildman–Crippen MR) is 75.2 cm³/mol. The fourth-order valence-electron chi connectivity index (χ4n) is 2.52. The summed E-state index contributed by atoms with van der Waals surface area (Å²) < 4.78 is 4.79. The van der Waals surface area contributed by atoms with Crippen molar-refractivity contribution in [2.24, 2.45) is 0 Å². The summed E-state index contributed by atoms with van der Waals surface area (Å²) in [4.78, 5) is 12.0. The maximum absolute atomic E-state index is 12.0. The Morgan fingerprint density at radius 2 is 2.05 bits per heavy atom. The fourth-order valence-corrected chi connectivity index (χ4v) is 2.52. The van der Waals surface area contributed by atoms with E-state index in [0.29, 0.717) is 5.56 Å². The molecule has 0 amide bonds. The largest absolute Gasteiger partial charge is 0.467 e. The Morgan fingerprint density at radius 1 is 1.37 bits per heavy atom. The number of benzene rings is 1. The van der Waals surface area contributed by atoms with Gasteiger partial charge in [0, 0.05) is 0 Å². The highest BCUT2D eigenvalue weighted by Gasteiger charge is 2.46. The molecule has 0 aliphatic carbocycles. The molecule has 1 aliphatic heterocycles. The van der Waals surface area contributed by atoms with Crippen molar-refractivity contribution >= 4 is 18.4 Å². The first-order chi connectivity index (χ1) is 8.69. The van der Waals surface area contributed by atoms with E-state index < -0.39 is 11.6 Å². The average molecular weight is 286 g/mol. The first-order valence-electron chi connectivity index (χ1n) is 6.29. The second-order valence-electron chi connectivity index (χ2n) is 4.63. The van der Waals surface area contributed by atoms with E-state index in [1.54, 1.807) is 12.1 Å². The van der Waals surface area contributed by atoms with Crippen LogP contribution in [-0.2, 0) is 15.1 Å². The van der Waals surface area contributed by atoms with E-state index in [9.17, 15) is 9.90 Å². The third-order valence-electron chi connectivity index (χ3n) is 3.53. The number of methoxy groups -OCH3 is 1. The van der Waals surface area contributed by atoms with Crippen molar-refractivity contribution in [2.45, 2.75) is 30.9 Å². The van der Waals surface area contributed by atoms with Crippen LogP contribution in [-0.4, -0.2) is 30.8 Å². The van der Waals surface area contributed by atoms with Crippen LogP contribution in [0.2, 0.25) is 0 Å². The molecular formula is C14H20ClNO3. The normalized spacial score (nSPS) is 21.9. The second-order valence-corrected chi connectivity index (χ2v) is 4.63. The zero-order chi connectivity index (χ0) is 13.0. The summed E-state index contributed by atoms with van der Waals surface area (Å²) in [7, 11) is 1.30. The minimum absolute atomic E-state index is 0. The second kappa shape index (κ2) is 6.89. The molecule has 1 saturated heterocycles. The standard InChI is InChI=1S/C14H19NO3.ClH/c1-18-13(16)14(17,11-7-3-2-4-8-11)12-9-5-6-10-15-12;/h2-4,7-8,12,15,17H,5-6,9-10H2,1H3;1H/t12-,14-;/m0./s1. The van der Waals surface area contributed by atoms with Crippen LogP contribution < -0.4 is 5.32 Å². The van der Waals surface area contributed by atoms with Crippen LogP contribution in [0.1, 0.15) is 24.8 Å². The molecule has 0 spiro atoms. The highest BCUT2D eigenvalue weighted by molar-refractivity contribution is 5.85. The van der Waals surface area contributed by atoms with E-state index in [1.165, 1.54) is 7.11 Å². The molecule has 1 aromatic rings. The van der Waals surface area contributed by atoms with Gasteiger partial charge >= 0.3 is 5.97 Å². The van der Waals surface area contributed by atoms with Gasteiger partial charge in [0.2, 0.25) is 5.60 Å². The van der Waals surface area contributed by atoms with Crippen molar-refractivity contribution in [3.8, 4) is 0 Å². The van der Waals surface area contributed by atoms with Crippen LogP contribution >= 0.6 is 12.4 Å². The van der Waals surface area contributed by atoms with E-state index in [4.69, 9.17) is 4.74 Å². The van der Waals surface area contributed by atoms with Gasteiger partial charge in [0.15, 0.2) is 0 Å². The number of carbonyl (C=O) groups excluding carboxylic acids is 1. The van der Waals surface area contributed by atoms with E-state index >= 15 is 0 Å². The Hall–Kier alpha value is -1.10. The summed E-state index contributed by atoms with van der Waals surface area (Å²) in [5.41, 5.74) is -1.02. The molecule has 1 aliphatic rings. The Labute approximate surface area is 119 Å². The third kappa shape index (κ3) is 3.08. The molecule has 1 heterocycles. The summed E-state index contributed by atoms with van der Waals surface area (Å²) in [6.45, 7) is 0.816. The van der Waals surface area contributed by atoms with Crippen molar-refractivity contribution < 1.29 is 14.6 Å². The lowest BCUT2D eigenvalue weighted by molar-refractivity contribution is -0.168. The van der Waals surface area contributed by atoms with Crippen LogP contribution in [0.3, 0.4) is 0 Å². The number of nitrogens with one attached hydrogen (secondary N) is 1. The molecule has 2 N–H and O–H groups in total. The fraction of sp³-hybridized carbons (Fsp3) is 0.500. The van der Waals surface area contributed by atoms with Crippen LogP contribution in [0.25, 0.3) is 0 Å². The predicted octanol–water partition coefficient (Wildman–Crippen LogP) is 1.61. The van der Waals surface area contributed by atoms with Crippen LogP contribution in [0.5, 0.6) is 0 Å². The molecule has 1 aromatic carbocycles. The minimum atomic E-state index is -1.60. The van der Waals surface area contributed by atoms with E-state index in [1.807, 2.05) is 18.2 Å². The molecule has 0 bridgehead atoms. The zero-order valence-corrected chi connectivity index (χ0v) is 11.8. The maximum atomic E-state index is 12.0. The van der Waals surface area contributed by atoms with Gasteiger partial charge < -0.3 is 15.2 Å². The molecule has 5 heteroatoms. The van der Waals surface area contributed by atoms with Crippen LogP contribution in [0.15, 0.2) is 30.3 Å². The monoisotopic (exact) mass is 285 g/mol. The topological polar surface area (TPSA) is 58.6 Å². The highest BCUT2D eigenvalue weighted by Crippen LogP contribution is 2.30. The molecule has 19 heavy (non-hydrogen) atoms. The summed E-state index contributed by atoms with van der Waals surface area (Å²) in [6, 6.07) is 8.70. The molecule has 4 nitrogen and oxygen atoms in total. The summed E-state index contributed by atoms with van der Waals surface area (Å²) in [5.74, 6) is -0.604. The molecule has 106 valence electrons. The van der Waals surface area contributed by atoms with Gasteiger partial charge in [-0.25, -0.2) is 4.79 Å². The van der Waals surface area contributed by atoms with Gasteiger partial charge in [0.05, 0.1) is 13.2 Å². The Morgan fingerprint density at radius 3 is 2.58 bits per heavy atom. The lowest BCUT2D eigenvalue weighted by Gasteiger charge is -2.37. The van der Waals surface area contributed by atoms with Crippen molar-refractivity contribution in [1.82, 2.24) is 5.32 Å². The zero-order valence-electron chi connectivity index (χ0n) is 11.0. The van der Waals surface area contributed by atoms with Gasteiger partial charge in [0.1, 0.15) is 0 Å². The summed E-state index contributed by atoms with van der Waals surface area (Å²) in [6.07, 6.45) is 2.84. The number of ether oxygens (including phenoxy) is 1. The first kappa shape index (κ1) is 16.0. The maximum Gasteiger partial charge on any atom is 0.344 e. The number of aliphatic hydroxyl groups is 1. The molecule has 0 saturated carbocycles. The number of piperidine rings is 1. The van der Waals surface area contributed by atoms with E-state index in [-0.39, 0.29) is 18.4 Å². The van der Waals surface area contributed by atoms with E-state index in [2.05, 4.69) is 5.32 Å². The Kier molecular flexibility index (Phi) is 5.79. The van der Waals surface area contributed by atoms with Gasteiger partial charge in [-0.3, -0.25) is 0 Å². The summed E-state index contributed by atoms with van der Waals surface area (Å²) in [5, 5.41) is 14.1. The van der Waals surface area contributed by atoms with Crippen molar-refractivity contribution in [2.75, 3.05) is 13.7 Å². The van der Waals surface area contributed by atoms with Gasteiger partial charge in [-0.2, -0.15) is 0 Å². The van der Waals surface area contributed by atoms with Gasteiger partial charge in [0.25, 0.3) is 0 Å². The number of rotatable bonds is 3. The van der Waals surface area contributed by atoms with Crippen molar-refractivity contribution in [3.05, 3.63) is 35.9 Å². The smallest absolute Gasteiger partial charge is 0.344 e. The summed E-state index contributed by atoms with van der Waals surface area (Å²) >= 11 is 0. The van der Waals surface area contributed by atoms with Gasteiger partial charge in [-0.1, -0.05) is 36.8 Å². The Balaban J connectivity index is 0.00000180. The quantitative estimate of drug-likeness (QED) is 0.829. The molecular weight excluding hydrogens is 266 g/mol. The SMILES string of the molecule is COC(=O)[C@](O)(c1ccccc1)[C@@H]1CCCCN1.Cl. The number of carbonyl (C=O) groups is 1. The van der Waals surface area contributed by atoms with Crippen LogP contribution in [0, 0.1) is 0 Å². The van der Waals surface area contributed by atoms with Gasteiger partial charge in [-0.05, 0) is 24.9 Å². The number of hydrogen-bond donors (Lipinski definition) is 2. The number of hydrogen-bond acceptors (Lipinski definition) is 4. The molecule has 2 rings (SSSR count). The third-order valence-corrected chi connectivity index (χ3v) is 3.53. The van der Waals surface area contributed by atoms with Crippen LogP contribution in [0.4, 0.5) is 0 Å². The molecule has 1 fully saturated rings. The molecule has 0 radical (unpaired) electrons. The molecule has 0 aromatic heterocycles. The lowest BCUT2D eigenvalue weighted by atomic mass is 9.82. The van der Waals surface area contributed by atoms with Crippen molar-refractivity contribution in [3.63, 3.8) is 0 Å². The highest BCUT2D eigenvalue weighted by atomic mass is 35.5. The average Bonchev–Trinajstić information content (AvgIpc) is 2.47. The first-order valence-corrected chi connectivity index (χ1v) is 6.29. The minimum Gasteiger partial charge on any atom is -0.467 e. The van der Waals surface area contributed by atoms with Gasteiger partial charge in [-0.15, -0.1) is 12.4 Å². The van der Waals surface area contributed by atoms with E-state index in [0.717, 1.165) is 25.8 Å². The van der Waals surface area contributed by atoms with Crippen molar-refractivity contribution in [1.29, 1.82) is 0 Å².